The van der Waals surface area contributed by atoms with Crippen LogP contribution < -0.4 is 0 Å². The first kappa shape index (κ1) is 23.1. The molecular formula is C17H41N. The monoisotopic (exact) mass is 259 g/mol. The van der Waals surface area contributed by atoms with Crippen LogP contribution in [0, 0.1) is 0 Å². The smallest absolute Gasteiger partial charge is 0.00612 e. The van der Waals surface area contributed by atoms with Crippen molar-refractivity contribution < 1.29 is 0 Å². The van der Waals surface area contributed by atoms with Crippen molar-refractivity contribution in [3.05, 3.63) is 0 Å². The Kier molecular flexibility index (Phi) is 28.4. The molecule has 0 spiro atoms. The van der Waals surface area contributed by atoms with Gasteiger partial charge in [0.25, 0.3) is 0 Å². The first-order valence-electron chi connectivity index (χ1n) is 8.34. The Hall–Kier alpha value is -0.0400. The van der Waals surface area contributed by atoms with Crippen LogP contribution in [0.2, 0.25) is 0 Å². The molecule has 0 heterocycles. The summed E-state index contributed by atoms with van der Waals surface area (Å²) >= 11 is 0. The van der Waals surface area contributed by atoms with E-state index in [1.807, 2.05) is 13.8 Å². The van der Waals surface area contributed by atoms with Crippen molar-refractivity contribution >= 4 is 0 Å². The molecule has 0 saturated carbocycles. The predicted molar refractivity (Wildman–Crippen MR) is 88.5 cm³/mol. The van der Waals surface area contributed by atoms with Crippen LogP contribution in [-0.2, 0) is 0 Å². The highest BCUT2D eigenvalue weighted by molar-refractivity contribution is 4.59. The highest BCUT2D eigenvalue weighted by Gasteiger charge is 2.03. The fourth-order valence-electron chi connectivity index (χ4n) is 1.44. The number of unbranched alkanes of at least 4 members (excludes halogenated alkanes) is 4. The van der Waals surface area contributed by atoms with Crippen molar-refractivity contribution in [2.75, 3.05) is 13.6 Å². The van der Waals surface area contributed by atoms with Gasteiger partial charge in [-0.15, -0.1) is 0 Å². The van der Waals surface area contributed by atoms with Crippen LogP contribution in [0.3, 0.4) is 0 Å². The lowest BCUT2D eigenvalue weighted by Gasteiger charge is -2.22. The normalized spacial score (nSPS) is 11.2. The van der Waals surface area contributed by atoms with E-state index in [9.17, 15) is 0 Å². The van der Waals surface area contributed by atoms with E-state index in [-0.39, 0.29) is 0 Å². The van der Waals surface area contributed by atoms with Crippen LogP contribution in [0.1, 0.15) is 93.4 Å². The highest BCUT2D eigenvalue weighted by Crippen LogP contribution is 2.01. The molecule has 0 radical (unpaired) electrons. The molecule has 0 aliphatic rings. The van der Waals surface area contributed by atoms with Gasteiger partial charge < -0.3 is 4.90 Å². The van der Waals surface area contributed by atoms with Crippen molar-refractivity contribution in [3.8, 4) is 0 Å². The number of nitrogens with zero attached hydrogens (tertiary/aromatic N) is 1. The summed E-state index contributed by atoms with van der Waals surface area (Å²) in [6.07, 6.45) is 9.44. The van der Waals surface area contributed by atoms with E-state index in [1.165, 1.54) is 51.5 Å². The lowest BCUT2D eigenvalue weighted by atomic mass is 10.2. The van der Waals surface area contributed by atoms with E-state index in [0.29, 0.717) is 0 Å². The van der Waals surface area contributed by atoms with Gasteiger partial charge in [0.05, 0.1) is 0 Å². The molecule has 0 aromatic carbocycles. The third-order valence-electron chi connectivity index (χ3n) is 3.16. The van der Waals surface area contributed by atoms with E-state index in [4.69, 9.17) is 0 Å². The van der Waals surface area contributed by atoms with E-state index in [1.54, 1.807) is 0 Å². The van der Waals surface area contributed by atoms with Gasteiger partial charge in [-0.2, -0.15) is 0 Å². The summed E-state index contributed by atoms with van der Waals surface area (Å²) in [5, 5.41) is 0. The second kappa shape index (κ2) is 22.2. The van der Waals surface area contributed by atoms with Gasteiger partial charge in [-0.1, -0.05) is 73.6 Å². The predicted octanol–water partition coefficient (Wildman–Crippen LogP) is 6.13. The number of hydrogen-bond acceptors (Lipinski definition) is 1. The Balaban J connectivity index is -0.000000241. The second-order valence-corrected chi connectivity index (χ2v) is 4.80. The minimum atomic E-state index is 0.756. The molecule has 18 heavy (non-hydrogen) atoms. The second-order valence-electron chi connectivity index (χ2n) is 4.80. The summed E-state index contributed by atoms with van der Waals surface area (Å²) in [5.41, 5.74) is 0. The van der Waals surface area contributed by atoms with Crippen molar-refractivity contribution in [2.45, 2.75) is 99.5 Å². The largest absolute Gasteiger partial charge is 0.304 e. The number of rotatable bonds is 8. The van der Waals surface area contributed by atoms with Gasteiger partial charge in [-0.3, -0.25) is 0 Å². The van der Waals surface area contributed by atoms with Crippen LogP contribution in [0.5, 0.6) is 0 Å². The van der Waals surface area contributed by atoms with Crippen LogP contribution in [-0.4, -0.2) is 24.5 Å². The van der Waals surface area contributed by atoms with E-state index in [0.717, 1.165) is 6.04 Å². The van der Waals surface area contributed by atoms with Crippen molar-refractivity contribution in [2.24, 2.45) is 0 Å². The Labute approximate surface area is 118 Å². The molecule has 0 aromatic heterocycles. The Morgan fingerprint density at radius 3 is 1.44 bits per heavy atom. The molecule has 0 saturated heterocycles. The van der Waals surface area contributed by atoms with Gasteiger partial charge in [0.2, 0.25) is 0 Å². The fourth-order valence-corrected chi connectivity index (χ4v) is 1.44. The lowest BCUT2D eigenvalue weighted by molar-refractivity contribution is 0.248. The van der Waals surface area contributed by atoms with Gasteiger partial charge in [0.1, 0.15) is 0 Å². The highest BCUT2D eigenvalue weighted by atomic mass is 15.1. The Morgan fingerprint density at radius 2 is 1.17 bits per heavy atom. The molecule has 0 aliphatic carbocycles. The average Bonchev–Trinajstić information content (AvgIpc) is 2.44. The third-order valence-corrected chi connectivity index (χ3v) is 3.16. The van der Waals surface area contributed by atoms with Crippen LogP contribution in [0.25, 0.3) is 0 Å². The maximum absolute atomic E-state index is 2.43. The fraction of sp³-hybridized carbons (Fsp3) is 1.00. The molecule has 0 aromatic rings. The molecule has 0 fully saturated rings. The summed E-state index contributed by atoms with van der Waals surface area (Å²) in [7, 11) is 2.21. The van der Waals surface area contributed by atoms with Gasteiger partial charge >= 0.3 is 0 Å². The molecule has 0 aliphatic heterocycles. The van der Waals surface area contributed by atoms with Gasteiger partial charge in [0.15, 0.2) is 0 Å². The van der Waals surface area contributed by atoms with Crippen LogP contribution >= 0.6 is 0 Å². The Morgan fingerprint density at radius 1 is 0.778 bits per heavy atom. The SMILES string of the molecule is CC.CCCCCC.CCCCN(C)C(C)CC. The maximum atomic E-state index is 2.43. The average molecular weight is 260 g/mol. The van der Waals surface area contributed by atoms with Crippen molar-refractivity contribution in [1.82, 2.24) is 4.90 Å². The summed E-state index contributed by atoms with van der Waals surface area (Å²) < 4.78 is 0. The van der Waals surface area contributed by atoms with E-state index < -0.39 is 0 Å². The zero-order valence-electron chi connectivity index (χ0n) is 14.7. The molecule has 1 unspecified atom stereocenters. The molecule has 0 N–H and O–H groups in total. The molecule has 1 nitrogen and oxygen atoms in total. The van der Waals surface area contributed by atoms with E-state index in [2.05, 4.69) is 46.6 Å². The molecule has 1 heteroatoms. The molecule has 0 rings (SSSR count). The standard InChI is InChI=1S/C9H21N.C6H14.C2H6/c1-5-7-8-10(4)9(3)6-2;1-3-5-6-4-2;1-2/h9H,5-8H2,1-4H3;3-6H2,1-2H3;1-2H3. The quantitative estimate of drug-likeness (QED) is 0.474. The van der Waals surface area contributed by atoms with Gasteiger partial charge in [-0.05, 0) is 33.4 Å². The van der Waals surface area contributed by atoms with Gasteiger partial charge in [0, 0.05) is 6.04 Å². The minimum absolute atomic E-state index is 0.756. The van der Waals surface area contributed by atoms with E-state index >= 15 is 0 Å². The molecular weight excluding hydrogens is 218 g/mol. The Bertz CT molecular complexity index is 108. The number of hydrogen-bond donors (Lipinski definition) is 0. The van der Waals surface area contributed by atoms with Gasteiger partial charge in [-0.25, -0.2) is 0 Å². The summed E-state index contributed by atoms with van der Waals surface area (Å²) in [4.78, 5) is 2.43. The summed E-state index contributed by atoms with van der Waals surface area (Å²) in [6.45, 7) is 16.5. The third kappa shape index (κ3) is 21.3. The van der Waals surface area contributed by atoms with Crippen molar-refractivity contribution in [3.63, 3.8) is 0 Å². The zero-order chi connectivity index (χ0) is 14.8. The minimum Gasteiger partial charge on any atom is -0.304 e. The van der Waals surface area contributed by atoms with Crippen LogP contribution in [0.15, 0.2) is 0 Å². The molecule has 0 amide bonds. The zero-order valence-corrected chi connectivity index (χ0v) is 14.7. The summed E-state index contributed by atoms with van der Waals surface area (Å²) in [5.74, 6) is 0. The van der Waals surface area contributed by atoms with Crippen molar-refractivity contribution in [1.29, 1.82) is 0 Å². The first-order chi connectivity index (χ1) is 8.63. The van der Waals surface area contributed by atoms with Crippen LogP contribution in [0.4, 0.5) is 0 Å². The topological polar surface area (TPSA) is 3.24 Å². The first-order valence-corrected chi connectivity index (χ1v) is 8.34. The molecule has 0 bridgehead atoms. The molecule has 114 valence electrons. The molecule has 1 atom stereocenters. The maximum Gasteiger partial charge on any atom is 0.00612 e. The summed E-state index contributed by atoms with van der Waals surface area (Å²) in [6, 6.07) is 0.756. The lowest BCUT2D eigenvalue weighted by Crippen LogP contribution is -2.29.